The molecule has 1 atom stereocenters. The van der Waals surface area contributed by atoms with Crippen LogP contribution < -0.4 is 15.5 Å². The molecule has 2 N–H and O–H groups in total. The smallest absolute Gasteiger partial charge is 0.314 e. The Balaban J connectivity index is 1.71. The number of benzene rings is 1. The predicted molar refractivity (Wildman–Crippen MR) is 94.3 cm³/mol. The molecule has 7 heteroatoms. The number of aryl methyl sites for hydroxylation is 1. The molecule has 3 amide bonds. The number of nitrogens with zero attached hydrogens (tertiary/aromatic N) is 1. The molecule has 0 radical (unpaired) electrons. The number of amides is 3. The highest BCUT2D eigenvalue weighted by atomic mass is 16.5. The van der Waals surface area contributed by atoms with Crippen molar-refractivity contribution in [2.75, 3.05) is 31.1 Å². The third-order valence-corrected chi connectivity index (χ3v) is 4.02. The summed E-state index contributed by atoms with van der Waals surface area (Å²) in [6.45, 7) is 5.30. The van der Waals surface area contributed by atoms with E-state index >= 15 is 0 Å². The zero-order chi connectivity index (χ0) is 18.2. The van der Waals surface area contributed by atoms with E-state index in [1.165, 1.54) is 0 Å². The molecule has 0 spiro atoms. The quantitative estimate of drug-likeness (QED) is 0.734. The van der Waals surface area contributed by atoms with Gasteiger partial charge in [-0.2, -0.15) is 0 Å². The first-order valence-corrected chi connectivity index (χ1v) is 8.54. The second kappa shape index (κ2) is 9.05. The van der Waals surface area contributed by atoms with Gasteiger partial charge in [0.15, 0.2) is 0 Å². The van der Waals surface area contributed by atoms with Crippen molar-refractivity contribution < 1.29 is 19.1 Å². The summed E-state index contributed by atoms with van der Waals surface area (Å²) in [5, 5.41) is 5.36. The standard InChI is InChI=1S/C18H25N3O4/c1-3-25-17(23)8-9-19-18(24)20-11-14-10-16(22)21(12-14)15-6-4-13(2)5-7-15/h4-7,14H,3,8-12H2,1-2H3,(H2,19,20,24)/t14-/m0/s1. The normalized spacial score (nSPS) is 16.6. The number of rotatable bonds is 7. The molecule has 1 aliphatic rings. The van der Waals surface area contributed by atoms with Crippen LogP contribution in [0.15, 0.2) is 24.3 Å². The summed E-state index contributed by atoms with van der Waals surface area (Å²) >= 11 is 0. The Bertz CT molecular complexity index is 615. The Kier molecular flexibility index (Phi) is 6.80. The lowest BCUT2D eigenvalue weighted by Gasteiger charge is -2.17. The minimum atomic E-state index is -0.342. The summed E-state index contributed by atoms with van der Waals surface area (Å²) in [5.74, 6) is -0.194. The van der Waals surface area contributed by atoms with Crippen LogP contribution in [0.2, 0.25) is 0 Å². The van der Waals surface area contributed by atoms with Crippen molar-refractivity contribution in [1.82, 2.24) is 10.6 Å². The van der Waals surface area contributed by atoms with E-state index in [0.717, 1.165) is 11.3 Å². The molecule has 25 heavy (non-hydrogen) atoms. The zero-order valence-electron chi connectivity index (χ0n) is 14.7. The number of esters is 1. The van der Waals surface area contributed by atoms with E-state index in [-0.39, 0.29) is 36.8 Å². The molecule has 1 saturated heterocycles. The minimum absolute atomic E-state index is 0.0679. The SMILES string of the molecule is CCOC(=O)CCNC(=O)NC[C@@H]1CC(=O)N(c2ccc(C)cc2)C1. The fourth-order valence-corrected chi connectivity index (χ4v) is 2.70. The van der Waals surface area contributed by atoms with E-state index in [0.29, 0.717) is 26.1 Å². The largest absolute Gasteiger partial charge is 0.466 e. The van der Waals surface area contributed by atoms with Gasteiger partial charge >= 0.3 is 12.0 Å². The van der Waals surface area contributed by atoms with Gasteiger partial charge in [0.05, 0.1) is 13.0 Å². The van der Waals surface area contributed by atoms with E-state index in [2.05, 4.69) is 10.6 Å². The lowest BCUT2D eigenvalue weighted by atomic mass is 10.1. The summed E-state index contributed by atoms with van der Waals surface area (Å²) in [6.07, 6.45) is 0.557. The van der Waals surface area contributed by atoms with E-state index < -0.39 is 0 Å². The van der Waals surface area contributed by atoms with Crippen LogP contribution in [0, 0.1) is 12.8 Å². The lowest BCUT2D eigenvalue weighted by molar-refractivity contribution is -0.142. The number of hydrogen-bond acceptors (Lipinski definition) is 4. The van der Waals surface area contributed by atoms with Crippen molar-refractivity contribution >= 4 is 23.6 Å². The Hall–Kier alpha value is -2.57. The van der Waals surface area contributed by atoms with Crippen molar-refractivity contribution in [3.05, 3.63) is 29.8 Å². The molecule has 0 saturated carbocycles. The Morgan fingerprint density at radius 3 is 2.64 bits per heavy atom. The van der Waals surface area contributed by atoms with Crippen LogP contribution in [0.5, 0.6) is 0 Å². The number of anilines is 1. The molecule has 2 rings (SSSR count). The predicted octanol–water partition coefficient (Wildman–Crippen LogP) is 1.60. The van der Waals surface area contributed by atoms with Crippen LogP contribution in [0.1, 0.15) is 25.3 Å². The second-order valence-electron chi connectivity index (χ2n) is 6.10. The first-order valence-electron chi connectivity index (χ1n) is 8.54. The van der Waals surface area contributed by atoms with Crippen molar-refractivity contribution in [2.24, 2.45) is 5.92 Å². The number of ether oxygens (including phenoxy) is 1. The average molecular weight is 347 g/mol. The van der Waals surface area contributed by atoms with Crippen LogP contribution in [0.4, 0.5) is 10.5 Å². The number of carbonyl (C=O) groups is 3. The van der Waals surface area contributed by atoms with Crippen molar-refractivity contribution in [1.29, 1.82) is 0 Å². The highest BCUT2D eigenvalue weighted by Crippen LogP contribution is 2.24. The van der Waals surface area contributed by atoms with Gasteiger partial charge in [-0.05, 0) is 26.0 Å². The van der Waals surface area contributed by atoms with Crippen LogP contribution in [0.3, 0.4) is 0 Å². The molecular formula is C18H25N3O4. The summed E-state index contributed by atoms with van der Waals surface area (Å²) in [7, 11) is 0. The first kappa shape index (κ1) is 18.8. The molecule has 0 aliphatic carbocycles. The van der Waals surface area contributed by atoms with Crippen LogP contribution in [-0.2, 0) is 14.3 Å². The highest BCUT2D eigenvalue weighted by Gasteiger charge is 2.30. The van der Waals surface area contributed by atoms with Crippen molar-refractivity contribution in [3.63, 3.8) is 0 Å². The van der Waals surface area contributed by atoms with Gasteiger partial charge in [-0.25, -0.2) is 4.79 Å². The maximum atomic E-state index is 12.2. The Morgan fingerprint density at radius 1 is 1.24 bits per heavy atom. The number of urea groups is 1. The third-order valence-electron chi connectivity index (χ3n) is 4.02. The van der Waals surface area contributed by atoms with Crippen LogP contribution in [-0.4, -0.2) is 44.1 Å². The van der Waals surface area contributed by atoms with Gasteiger partial charge in [0.2, 0.25) is 5.91 Å². The van der Waals surface area contributed by atoms with E-state index in [4.69, 9.17) is 4.74 Å². The fraction of sp³-hybridized carbons (Fsp3) is 0.500. The van der Waals surface area contributed by atoms with Gasteiger partial charge in [-0.1, -0.05) is 17.7 Å². The Labute approximate surface area is 147 Å². The van der Waals surface area contributed by atoms with Gasteiger partial charge in [-0.3, -0.25) is 9.59 Å². The van der Waals surface area contributed by atoms with Crippen LogP contribution >= 0.6 is 0 Å². The molecule has 1 fully saturated rings. The molecule has 0 unspecified atom stereocenters. The van der Waals surface area contributed by atoms with Crippen molar-refractivity contribution in [3.8, 4) is 0 Å². The number of nitrogens with one attached hydrogen (secondary N) is 2. The maximum absolute atomic E-state index is 12.2. The lowest BCUT2D eigenvalue weighted by Crippen LogP contribution is -2.39. The molecule has 1 heterocycles. The minimum Gasteiger partial charge on any atom is -0.466 e. The molecule has 136 valence electrons. The monoisotopic (exact) mass is 347 g/mol. The van der Waals surface area contributed by atoms with E-state index in [1.54, 1.807) is 11.8 Å². The van der Waals surface area contributed by atoms with E-state index in [1.807, 2.05) is 31.2 Å². The highest BCUT2D eigenvalue weighted by molar-refractivity contribution is 5.95. The molecule has 1 aromatic rings. The summed E-state index contributed by atoms with van der Waals surface area (Å²) in [5.41, 5.74) is 2.03. The average Bonchev–Trinajstić information content (AvgIpc) is 2.95. The first-order chi connectivity index (χ1) is 12.0. The second-order valence-corrected chi connectivity index (χ2v) is 6.10. The fourth-order valence-electron chi connectivity index (χ4n) is 2.70. The summed E-state index contributed by atoms with van der Waals surface area (Å²) in [4.78, 5) is 36.8. The van der Waals surface area contributed by atoms with Crippen molar-refractivity contribution in [2.45, 2.75) is 26.7 Å². The third kappa shape index (κ3) is 5.77. The molecule has 7 nitrogen and oxygen atoms in total. The van der Waals surface area contributed by atoms with Gasteiger partial charge in [0.1, 0.15) is 0 Å². The summed E-state index contributed by atoms with van der Waals surface area (Å²) in [6, 6.07) is 7.48. The topological polar surface area (TPSA) is 87.7 Å². The number of hydrogen-bond donors (Lipinski definition) is 2. The summed E-state index contributed by atoms with van der Waals surface area (Å²) < 4.78 is 4.78. The Morgan fingerprint density at radius 2 is 1.96 bits per heavy atom. The molecular weight excluding hydrogens is 322 g/mol. The van der Waals surface area contributed by atoms with Gasteiger partial charge in [0.25, 0.3) is 0 Å². The zero-order valence-corrected chi connectivity index (χ0v) is 14.7. The van der Waals surface area contributed by atoms with Gasteiger partial charge in [-0.15, -0.1) is 0 Å². The number of carbonyl (C=O) groups excluding carboxylic acids is 3. The molecule has 1 aromatic carbocycles. The van der Waals surface area contributed by atoms with E-state index in [9.17, 15) is 14.4 Å². The molecule has 0 bridgehead atoms. The maximum Gasteiger partial charge on any atom is 0.314 e. The molecule has 0 aromatic heterocycles. The van der Waals surface area contributed by atoms with Crippen LogP contribution in [0.25, 0.3) is 0 Å². The van der Waals surface area contributed by atoms with Gasteiger partial charge in [0, 0.05) is 37.7 Å². The molecule has 1 aliphatic heterocycles. The van der Waals surface area contributed by atoms with Gasteiger partial charge < -0.3 is 20.3 Å².